The molecular formula is C15H21N3O. The molecule has 1 heterocycles. The first-order chi connectivity index (χ1) is 9.17. The smallest absolute Gasteiger partial charge is 0.247 e. The third-order valence-electron chi connectivity index (χ3n) is 3.71. The van der Waals surface area contributed by atoms with Crippen LogP contribution in [0.1, 0.15) is 39.5 Å². The fourth-order valence-electron chi connectivity index (χ4n) is 1.81. The number of nitrogens with zero attached hydrogens (tertiary/aromatic N) is 2. The van der Waals surface area contributed by atoms with Crippen molar-refractivity contribution >= 4 is 0 Å². The lowest BCUT2D eigenvalue weighted by atomic mass is 9.96. The van der Waals surface area contributed by atoms with Gasteiger partial charge in [0.15, 0.2) is 0 Å². The van der Waals surface area contributed by atoms with Crippen LogP contribution in [0.15, 0.2) is 34.7 Å². The zero-order chi connectivity index (χ0) is 13.7. The summed E-state index contributed by atoms with van der Waals surface area (Å²) in [5, 5.41) is 11.6. The molecule has 0 fully saturated rings. The van der Waals surface area contributed by atoms with Crippen LogP contribution in [0.3, 0.4) is 0 Å². The lowest BCUT2D eigenvalue weighted by molar-refractivity contribution is 0.311. The number of aromatic nitrogens is 2. The molecule has 1 aromatic carbocycles. The average Bonchev–Trinajstić information content (AvgIpc) is 2.95. The predicted octanol–water partition coefficient (Wildman–Crippen LogP) is 3.40. The summed E-state index contributed by atoms with van der Waals surface area (Å²) in [6.07, 6.45) is 2.15. The third kappa shape index (κ3) is 3.41. The van der Waals surface area contributed by atoms with E-state index in [0.717, 1.165) is 18.4 Å². The van der Waals surface area contributed by atoms with Gasteiger partial charge in [-0.3, -0.25) is 0 Å². The maximum Gasteiger partial charge on any atom is 0.247 e. The van der Waals surface area contributed by atoms with Crippen LogP contribution in [-0.4, -0.2) is 15.7 Å². The zero-order valence-electron chi connectivity index (χ0n) is 11.8. The Morgan fingerprint density at radius 3 is 2.42 bits per heavy atom. The Bertz CT molecular complexity index is 503. The fourth-order valence-corrected chi connectivity index (χ4v) is 1.81. The van der Waals surface area contributed by atoms with Crippen molar-refractivity contribution in [2.75, 3.05) is 0 Å². The molecule has 0 radical (unpaired) electrons. The van der Waals surface area contributed by atoms with Crippen molar-refractivity contribution in [3.63, 3.8) is 0 Å². The quantitative estimate of drug-likeness (QED) is 0.863. The zero-order valence-corrected chi connectivity index (χ0v) is 11.8. The van der Waals surface area contributed by atoms with Crippen LogP contribution in [0.25, 0.3) is 11.5 Å². The number of hydrogen-bond acceptors (Lipinski definition) is 4. The molecule has 2 aromatic rings. The highest BCUT2D eigenvalue weighted by atomic mass is 16.4. The highest BCUT2D eigenvalue weighted by Gasteiger charge is 2.19. The van der Waals surface area contributed by atoms with E-state index in [2.05, 4.69) is 36.3 Å². The Balaban J connectivity index is 2.02. The molecule has 0 bridgehead atoms. The van der Waals surface area contributed by atoms with Crippen molar-refractivity contribution in [2.24, 2.45) is 0 Å². The Morgan fingerprint density at radius 2 is 1.79 bits per heavy atom. The number of nitrogens with one attached hydrogen (secondary N) is 1. The fraction of sp³-hybridized carbons (Fsp3) is 0.467. The molecule has 0 aliphatic heterocycles. The molecule has 0 aliphatic rings. The minimum Gasteiger partial charge on any atom is -0.419 e. The van der Waals surface area contributed by atoms with Crippen LogP contribution in [-0.2, 0) is 6.54 Å². The van der Waals surface area contributed by atoms with Crippen molar-refractivity contribution in [3.05, 3.63) is 36.2 Å². The molecule has 1 N–H and O–H groups in total. The molecule has 0 saturated heterocycles. The van der Waals surface area contributed by atoms with E-state index in [1.165, 1.54) is 0 Å². The summed E-state index contributed by atoms with van der Waals surface area (Å²) >= 11 is 0. The minimum atomic E-state index is 0.126. The standard InChI is InChI=1S/C15H21N3O/c1-4-15(3,5-2)16-11-13-17-18-14(19-13)12-9-7-6-8-10-12/h6-10,16H,4-5,11H2,1-3H3. The first-order valence-electron chi connectivity index (χ1n) is 6.79. The van der Waals surface area contributed by atoms with Crippen LogP contribution in [0.2, 0.25) is 0 Å². The van der Waals surface area contributed by atoms with Gasteiger partial charge in [-0.15, -0.1) is 10.2 Å². The van der Waals surface area contributed by atoms with Gasteiger partial charge in [0, 0.05) is 11.1 Å². The summed E-state index contributed by atoms with van der Waals surface area (Å²) in [6, 6.07) is 9.82. The van der Waals surface area contributed by atoms with Gasteiger partial charge in [0.05, 0.1) is 6.54 Å². The Hall–Kier alpha value is -1.68. The molecule has 0 saturated carbocycles. The molecule has 0 spiro atoms. The first kappa shape index (κ1) is 13.7. The maximum atomic E-state index is 5.67. The van der Waals surface area contributed by atoms with Crippen molar-refractivity contribution in [3.8, 4) is 11.5 Å². The summed E-state index contributed by atoms with van der Waals surface area (Å²) in [6.45, 7) is 7.18. The van der Waals surface area contributed by atoms with Gasteiger partial charge in [0.2, 0.25) is 11.8 Å². The summed E-state index contributed by atoms with van der Waals surface area (Å²) in [7, 11) is 0. The third-order valence-corrected chi connectivity index (χ3v) is 3.71. The van der Waals surface area contributed by atoms with Crippen LogP contribution in [0.5, 0.6) is 0 Å². The molecule has 1 aromatic heterocycles. The van der Waals surface area contributed by atoms with E-state index in [9.17, 15) is 0 Å². The second-order valence-electron chi connectivity index (χ2n) is 4.99. The molecule has 4 nitrogen and oxygen atoms in total. The molecule has 2 rings (SSSR count). The van der Waals surface area contributed by atoms with Gasteiger partial charge in [-0.05, 0) is 31.9 Å². The second-order valence-corrected chi connectivity index (χ2v) is 4.99. The van der Waals surface area contributed by atoms with Gasteiger partial charge < -0.3 is 9.73 Å². The number of hydrogen-bond donors (Lipinski definition) is 1. The highest BCUT2D eigenvalue weighted by molar-refractivity contribution is 5.51. The summed E-state index contributed by atoms with van der Waals surface area (Å²) in [5.74, 6) is 1.21. The van der Waals surface area contributed by atoms with E-state index in [1.807, 2.05) is 30.3 Å². The van der Waals surface area contributed by atoms with Gasteiger partial charge in [-0.25, -0.2) is 0 Å². The van der Waals surface area contributed by atoms with Crippen LogP contribution >= 0.6 is 0 Å². The van der Waals surface area contributed by atoms with E-state index < -0.39 is 0 Å². The largest absolute Gasteiger partial charge is 0.419 e. The highest BCUT2D eigenvalue weighted by Crippen LogP contribution is 2.18. The topological polar surface area (TPSA) is 51.0 Å². The lowest BCUT2D eigenvalue weighted by Crippen LogP contribution is -2.40. The Labute approximate surface area is 114 Å². The van der Waals surface area contributed by atoms with Crippen LogP contribution in [0.4, 0.5) is 0 Å². The molecular weight excluding hydrogens is 238 g/mol. The maximum absolute atomic E-state index is 5.67. The van der Waals surface area contributed by atoms with Gasteiger partial charge in [0.25, 0.3) is 0 Å². The molecule has 0 aliphatic carbocycles. The molecule has 0 unspecified atom stereocenters. The summed E-state index contributed by atoms with van der Waals surface area (Å²) in [5.41, 5.74) is 1.08. The molecule has 19 heavy (non-hydrogen) atoms. The van der Waals surface area contributed by atoms with Crippen molar-refractivity contribution in [1.29, 1.82) is 0 Å². The van der Waals surface area contributed by atoms with Gasteiger partial charge in [0.1, 0.15) is 0 Å². The predicted molar refractivity (Wildman–Crippen MR) is 75.6 cm³/mol. The number of benzene rings is 1. The Kier molecular flexibility index (Phi) is 4.32. The number of rotatable bonds is 6. The monoisotopic (exact) mass is 259 g/mol. The van der Waals surface area contributed by atoms with E-state index in [-0.39, 0.29) is 5.54 Å². The second kappa shape index (κ2) is 5.97. The van der Waals surface area contributed by atoms with E-state index in [0.29, 0.717) is 18.3 Å². The van der Waals surface area contributed by atoms with Crippen LogP contribution < -0.4 is 5.32 Å². The van der Waals surface area contributed by atoms with Crippen molar-refractivity contribution < 1.29 is 4.42 Å². The SMILES string of the molecule is CCC(C)(CC)NCc1nnc(-c2ccccc2)o1. The lowest BCUT2D eigenvalue weighted by Gasteiger charge is -2.27. The average molecular weight is 259 g/mol. The van der Waals surface area contributed by atoms with E-state index in [4.69, 9.17) is 4.42 Å². The molecule has 0 atom stereocenters. The van der Waals surface area contributed by atoms with E-state index >= 15 is 0 Å². The molecule has 4 heteroatoms. The molecule has 102 valence electrons. The minimum absolute atomic E-state index is 0.126. The summed E-state index contributed by atoms with van der Waals surface area (Å²) in [4.78, 5) is 0. The van der Waals surface area contributed by atoms with Gasteiger partial charge >= 0.3 is 0 Å². The van der Waals surface area contributed by atoms with Gasteiger partial charge in [-0.2, -0.15) is 0 Å². The van der Waals surface area contributed by atoms with Crippen LogP contribution in [0, 0.1) is 0 Å². The Morgan fingerprint density at radius 1 is 1.11 bits per heavy atom. The molecule has 0 amide bonds. The normalized spacial score (nSPS) is 11.7. The van der Waals surface area contributed by atoms with Crippen molar-refractivity contribution in [1.82, 2.24) is 15.5 Å². The van der Waals surface area contributed by atoms with Gasteiger partial charge in [-0.1, -0.05) is 32.0 Å². The van der Waals surface area contributed by atoms with E-state index in [1.54, 1.807) is 0 Å². The summed E-state index contributed by atoms with van der Waals surface area (Å²) < 4.78 is 5.67. The van der Waals surface area contributed by atoms with Crippen molar-refractivity contribution in [2.45, 2.75) is 45.7 Å². The first-order valence-corrected chi connectivity index (χ1v) is 6.79.